The number of methoxy groups -OCH3 is 2. The molecule has 1 fully saturated rings. The fraction of sp³-hybridized carbons (Fsp3) is 0.421. The van der Waals surface area contributed by atoms with Crippen molar-refractivity contribution in [1.29, 1.82) is 0 Å². The van der Waals surface area contributed by atoms with Crippen LogP contribution in [0, 0.1) is 0 Å². The lowest BCUT2D eigenvalue weighted by Gasteiger charge is -2.43. The molecule has 150 valence electrons. The van der Waals surface area contributed by atoms with Gasteiger partial charge in [0, 0.05) is 38.1 Å². The molecule has 1 spiro atoms. The Labute approximate surface area is 167 Å². The van der Waals surface area contributed by atoms with Crippen LogP contribution in [0.15, 0.2) is 33.9 Å². The van der Waals surface area contributed by atoms with Crippen LogP contribution in [0.1, 0.15) is 29.6 Å². The van der Waals surface area contributed by atoms with Crippen LogP contribution < -0.4 is 14.2 Å². The molecule has 1 saturated heterocycles. The van der Waals surface area contributed by atoms with Gasteiger partial charge in [-0.1, -0.05) is 6.07 Å². The Kier molecular flexibility index (Phi) is 4.84. The van der Waals surface area contributed by atoms with Crippen LogP contribution in [0.2, 0.25) is 0 Å². The van der Waals surface area contributed by atoms with Crippen molar-refractivity contribution in [2.45, 2.75) is 29.1 Å². The van der Waals surface area contributed by atoms with Gasteiger partial charge in [0.1, 0.15) is 32.6 Å². The Bertz CT molecular complexity index is 992. The summed E-state index contributed by atoms with van der Waals surface area (Å²) < 4.78 is 44.2. The number of ketones is 1. The second kappa shape index (κ2) is 7.06. The Morgan fingerprint density at radius 3 is 2.54 bits per heavy atom. The van der Waals surface area contributed by atoms with Gasteiger partial charge in [-0.25, -0.2) is 8.42 Å². The summed E-state index contributed by atoms with van der Waals surface area (Å²) in [6.07, 6.45) is 1.10. The molecule has 1 aromatic carbocycles. The number of Topliss-reactive ketones (excluding diaryl/α,β-unsaturated/α-hetero) is 1. The largest absolute Gasteiger partial charge is 0.496 e. The Hall–Kier alpha value is -2.10. The first-order valence-electron chi connectivity index (χ1n) is 8.90. The molecule has 0 amide bonds. The Morgan fingerprint density at radius 1 is 1.18 bits per heavy atom. The van der Waals surface area contributed by atoms with Crippen molar-refractivity contribution < 1.29 is 27.4 Å². The van der Waals surface area contributed by atoms with Gasteiger partial charge in [0.25, 0.3) is 10.0 Å². The van der Waals surface area contributed by atoms with E-state index >= 15 is 0 Å². The van der Waals surface area contributed by atoms with Crippen LogP contribution in [-0.2, 0) is 10.0 Å². The fourth-order valence-corrected chi connectivity index (χ4v) is 6.39. The Balaban J connectivity index is 1.58. The Morgan fingerprint density at radius 2 is 1.93 bits per heavy atom. The molecule has 0 unspecified atom stereocenters. The van der Waals surface area contributed by atoms with Crippen molar-refractivity contribution in [1.82, 2.24) is 4.31 Å². The van der Waals surface area contributed by atoms with E-state index < -0.39 is 15.6 Å². The van der Waals surface area contributed by atoms with Crippen LogP contribution in [0.4, 0.5) is 0 Å². The second-order valence-corrected chi connectivity index (χ2v) is 10.0. The van der Waals surface area contributed by atoms with Gasteiger partial charge in [-0.2, -0.15) is 4.31 Å². The standard InChI is InChI=1S/C19H21NO6S2/c1-24-13-10-15(25-2)18-14(21)12-19(26-16(18)11-13)5-7-20(8-6-19)28(22,23)17-4-3-9-27-17/h3-4,9-11H,5-8,12H2,1-2H3. The summed E-state index contributed by atoms with van der Waals surface area (Å²) >= 11 is 1.21. The lowest BCUT2D eigenvalue weighted by atomic mass is 9.82. The number of carbonyl (C=O) groups excluding carboxylic acids is 1. The van der Waals surface area contributed by atoms with Gasteiger partial charge in [-0.05, 0) is 11.4 Å². The fourth-order valence-electron chi connectivity index (χ4n) is 3.80. The van der Waals surface area contributed by atoms with E-state index in [1.54, 1.807) is 29.6 Å². The molecule has 1 aromatic heterocycles. The molecule has 7 nitrogen and oxygen atoms in total. The zero-order valence-corrected chi connectivity index (χ0v) is 17.3. The lowest BCUT2D eigenvalue weighted by molar-refractivity contribution is 0.00541. The maximum Gasteiger partial charge on any atom is 0.252 e. The molecule has 0 saturated carbocycles. The highest BCUT2D eigenvalue weighted by atomic mass is 32.2. The third kappa shape index (κ3) is 3.17. The maximum absolute atomic E-state index is 12.9. The summed E-state index contributed by atoms with van der Waals surface area (Å²) in [7, 11) is -0.460. The number of nitrogens with zero attached hydrogens (tertiary/aromatic N) is 1. The molecule has 3 heterocycles. The van der Waals surface area contributed by atoms with Gasteiger partial charge in [-0.15, -0.1) is 11.3 Å². The van der Waals surface area contributed by atoms with Crippen LogP contribution in [0.3, 0.4) is 0 Å². The number of benzene rings is 1. The third-order valence-corrected chi connectivity index (χ3v) is 8.58. The highest BCUT2D eigenvalue weighted by Crippen LogP contribution is 2.45. The first kappa shape index (κ1) is 19.2. The summed E-state index contributed by atoms with van der Waals surface area (Å²) in [5.41, 5.74) is -0.286. The number of fused-ring (bicyclic) bond motifs is 1. The second-order valence-electron chi connectivity index (χ2n) is 6.92. The van der Waals surface area contributed by atoms with Crippen molar-refractivity contribution >= 4 is 27.1 Å². The molecule has 2 aliphatic rings. The zero-order chi connectivity index (χ0) is 19.9. The number of thiophene rings is 1. The summed E-state index contributed by atoms with van der Waals surface area (Å²) in [5, 5.41) is 1.75. The van der Waals surface area contributed by atoms with Crippen LogP contribution >= 0.6 is 11.3 Å². The van der Waals surface area contributed by atoms with Crippen molar-refractivity contribution in [2.75, 3.05) is 27.3 Å². The number of carbonyl (C=O) groups is 1. The van der Waals surface area contributed by atoms with Gasteiger partial charge in [0.2, 0.25) is 0 Å². The number of sulfonamides is 1. The van der Waals surface area contributed by atoms with Crippen molar-refractivity contribution in [3.8, 4) is 17.2 Å². The highest BCUT2D eigenvalue weighted by molar-refractivity contribution is 7.91. The van der Waals surface area contributed by atoms with Crippen LogP contribution in [0.5, 0.6) is 17.2 Å². The third-order valence-electron chi connectivity index (χ3n) is 5.31. The molecule has 28 heavy (non-hydrogen) atoms. The van der Waals surface area contributed by atoms with E-state index in [1.807, 2.05) is 0 Å². The molecular formula is C19H21NO6S2. The smallest absolute Gasteiger partial charge is 0.252 e. The number of hydrogen-bond donors (Lipinski definition) is 0. The predicted octanol–water partition coefficient (Wildman–Crippen LogP) is 2.95. The molecule has 2 aromatic rings. The molecule has 0 atom stereocenters. The van der Waals surface area contributed by atoms with Crippen LogP contribution in [-0.4, -0.2) is 51.4 Å². The minimum atomic E-state index is -3.50. The minimum absolute atomic E-state index is 0.0599. The summed E-state index contributed by atoms with van der Waals surface area (Å²) in [4.78, 5) is 12.9. The van der Waals surface area contributed by atoms with E-state index in [0.29, 0.717) is 53.0 Å². The summed E-state index contributed by atoms with van der Waals surface area (Å²) in [6.45, 7) is 0.619. The molecule has 0 bridgehead atoms. The van der Waals surface area contributed by atoms with Gasteiger partial charge in [0.15, 0.2) is 5.78 Å². The number of hydrogen-bond acceptors (Lipinski definition) is 7. The molecule has 2 aliphatic heterocycles. The van der Waals surface area contributed by atoms with Gasteiger partial charge in [0.05, 0.1) is 20.6 Å². The topological polar surface area (TPSA) is 82.1 Å². The predicted molar refractivity (Wildman–Crippen MR) is 104 cm³/mol. The van der Waals surface area contributed by atoms with Gasteiger partial charge < -0.3 is 14.2 Å². The SMILES string of the molecule is COc1cc(OC)c2c(c1)OC1(CCN(S(=O)(=O)c3cccs3)CC1)CC2=O. The summed E-state index contributed by atoms with van der Waals surface area (Å²) in [5.74, 6) is 1.34. The monoisotopic (exact) mass is 423 g/mol. The normalized spacial score (nSPS) is 19.1. The lowest BCUT2D eigenvalue weighted by Crippen LogP contribution is -2.52. The van der Waals surface area contributed by atoms with Crippen molar-refractivity contribution in [2.24, 2.45) is 0 Å². The number of rotatable bonds is 4. The average molecular weight is 424 g/mol. The number of piperidine rings is 1. The van der Waals surface area contributed by atoms with E-state index in [1.165, 1.54) is 29.9 Å². The molecular weight excluding hydrogens is 402 g/mol. The van der Waals surface area contributed by atoms with Gasteiger partial charge in [-0.3, -0.25) is 4.79 Å². The van der Waals surface area contributed by atoms with Crippen LogP contribution in [0.25, 0.3) is 0 Å². The molecule has 0 radical (unpaired) electrons. The van der Waals surface area contributed by atoms with E-state index in [0.717, 1.165) is 0 Å². The quantitative estimate of drug-likeness (QED) is 0.752. The maximum atomic E-state index is 12.9. The molecule has 0 aliphatic carbocycles. The van der Waals surface area contributed by atoms with E-state index in [4.69, 9.17) is 14.2 Å². The molecule has 9 heteroatoms. The highest BCUT2D eigenvalue weighted by Gasteiger charge is 2.46. The van der Waals surface area contributed by atoms with Gasteiger partial charge >= 0.3 is 0 Å². The zero-order valence-electron chi connectivity index (χ0n) is 15.6. The summed E-state index contributed by atoms with van der Waals surface area (Å²) in [6, 6.07) is 6.68. The van der Waals surface area contributed by atoms with E-state index in [9.17, 15) is 13.2 Å². The van der Waals surface area contributed by atoms with E-state index in [-0.39, 0.29) is 12.2 Å². The number of ether oxygens (including phenoxy) is 3. The first-order chi connectivity index (χ1) is 13.4. The first-order valence-corrected chi connectivity index (χ1v) is 11.2. The van der Waals surface area contributed by atoms with E-state index in [2.05, 4.69) is 0 Å². The molecule has 0 N–H and O–H groups in total. The van der Waals surface area contributed by atoms with Crippen molar-refractivity contribution in [3.63, 3.8) is 0 Å². The molecule has 4 rings (SSSR count). The van der Waals surface area contributed by atoms with Crippen molar-refractivity contribution in [3.05, 3.63) is 35.2 Å². The minimum Gasteiger partial charge on any atom is -0.496 e. The average Bonchev–Trinajstić information content (AvgIpc) is 3.22.